The van der Waals surface area contributed by atoms with Gasteiger partial charge in [0.05, 0.1) is 18.1 Å². The van der Waals surface area contributed by atoms with E-state index in [-0.39, 0.29) is 11.1 Å². The molecule has 2 atom stereocenters. The quantitative estimate of drug-likeness (QED) is 0.684. The largest absolute Gasteiger partial charge is 0.390 e. The Kier molecular flexibility index (Phi) is 4.15. The van der Waals surface area contributed by atoms with Crippen LogP contribution < -0.4 is 5.73 Å². The zero-order valence-corrected chi connectivity index (χ0v) is 8.80. The molecule has 0 saturated heterocycles. The average molecular weight is 238 g/mol. The molecule has 0 aliphatic rings. The third kappa shape index (κ3) is 3.00. The SMILES string of the molecule is N#Cc1c(F)cccc1C(O)C(O)CC(N)=O. The summed E-state index contributed by atoms with van der Waals surface area (Å²) in [7, 11) is 0. The van der Waals surface area contributed by atoms with Crippen LogP contribution >= 0.6 is 0 Å². The van der Waals surface area contributed by atoms with Gasteiger partial charge in [0.25, 0.3) is 0 Å². The van der Waals surface area contributed by atoms with E-state index < -0.39 is 30.4 Å². The van der Waals surface area contributed by atoms with Crippen LogP contribution in [0, 0.1) is 17.1 Å². The molecule has 1 amide bonds. The molecule has 6 heteroatoms. The number of aliphatic hydroxyl groups is 2. The molecule has 0 aliphatic carbocycles. The van der Waals surface area contributed by atoms with Gasteiger partial charge in [0.15, 0.2) is 0 Å². The van der Waals surface area contributed by atoms with E-state index in [1.807, 2.05) is 0 Å². The van der Waals surface area contributed by atoms with Gasteiger partial charge in [-0.2, -0.15) is 5.26 Å². The van der Waals surface area contributed by atoms with E-state index in [0.717, 1.165) is 6.07 Å². The average Bonchev–Trinajstić information content (AvgIpc) is 2.26. The molecule has 5 nitrogen and oxygen atoms in total. The number of carbonyl (C=O) groups excluding carboxylic acids is 1. The van der Waals surface area contributed by atoms with Crippen molar-refractivity contribution in [2.75, 3.05) is 0 Å². The molecule has 2 unspecified atom stereocenters. The Morgan fingerprint density at radius 1 is 1.53 bits per heavy atom. The predicted molar refractivity (Wildman–Crippen MR) is 55.9 cm³/mol. The maximum Gasteiger partial charge on any atom is 0.220 e. The molecular formula is C11H11FN2O3. The topological polar surface area (TPSA) is 107 Å². The van der Waals surface area contributed by atoms with Gasteiger partial charge in [-0.3, -0.25) is 4.79 Å². The van der Waals surface area contributed by atoms with Gasteiger partial charge in [0, 0.05) is 5.56 Å². The highest BCUT2D eigenvalue weighted by molar-refractivity contribution is 5.74. The first-order chi connectivity index (χ1) is 7.97. The van der Waals surface area contributed by atoms with E-state index in [1.165, 1.54) is 12.1 Å². The maximum absolute atomic E-state index is 13.2. The number of nitriles is 1. The molecular weight excluding hydrogens is 227 g/mol. The van der Waals surface area contributed by atoms with Crippen LogP contribution in [0.2, 0.25) is 0 Å². The standard InChI is InChI=1S/C11H11FN2O3/c12-8-3-1-2-6(7(8)5-13)11(17)9(15)4-10(14)16/h1-3,9,11,15,17H,4H2,(H2,14,16). The third-order valence-corrected chi connectivity index (χ3v) is 2.25. The molecule has 0 aromatic heterocycles. The number of hydrogen-bond donors (Lipinski definition) is 3. The summed E-state index contributed by atoms with van der Waals surface area (Å²) in [6.07, 6.45) is -3.48. The number of aliphatic hydroxyl groups excluding tert-OH is 2. The number of halogens is 1. The van der Waals surface area contributed by atoms with Gasteiger partial charge < -0.3 is 15.9 Å². The zero-order valence-electron chi connectivity index (χ0n) is 8.80. The summed E-state index contributed by atoms with van der Waals surface area (Å²) < 4.78 is 13.2. The molecule has 0 spiro atoms. The number of amides is 1. The summed E-state index contributed by atoms with van der Waals surface area (Å²) in [6.45, 7) is 0. The lowest BCUT2D eigenvalue weighted by Crippen LogP contribution is -2.26. The van der Waals surface area contributed by atoms with E-state index in [0.29, 0.717) is 0 Å². The Morgan fingerprint density at radius 2 is 2.18 bits per heavy atom. The summed E-state index contributed by atoms with van der Waals surface area (Å²) in [5, 5.41) is 27.9. The van der Waals surface area contributed by atoms with Crippen molar-refractivity contribution in [2.45, 2.75) is 18.6 Å². The number of nitrogens with zero attached hydrogens (tertiary/aromatic N) is 1. The fraction of sp³-hybridized carbons (Fsp3) is 0.273. The van der Waals surface area contributed by atoms with E-state index >= 15 is 0 Å². The number of rotatable bonds is 4. The number of carbonyl (C=O) groups is 1. The molecule has 0 fully saturated rings. The normalized spacial score (nSPS) is 13.8. The minimum absolute atomic E-state index is 0.0683. The van der Waals surface area contributed by atoms with Gasteiger partial charge in [-0.15, -0.1) is 0 Å². The third-order valence-electron chi connectivity index (χ3n) is 2.25. The van der Waals surface area contributed by atoms with Crippen LogP contribution in [0.4, 0.5) is 4.39 Å². The molecule has 17 heavy (non-hydrogen) atoms. The van der Waals surface area contributed by atoms with E-state index in [4.69, 9.17) is 11.0 Å². The second kappa shape index (κ2) is 5.39. The van der Waals surface area contributed by atoms with E-state index in [9.17, 15) is 19.4 Å². The van der Waals surface area contributed by atoms with Crippen LogP contribution in [-0.2, 0) is 4.79 Å². The van der Waals surface area contributed by atoms with Crippen LogP contribution in [0.1, 0.15) is 23.7 Å². The van der Waals surface area contributed by atoms with Crippen molar-refractivity contribution >= 4 is 5.91 Å². The Morgan fingerprint density at radius 3 is 2.71 bits per heavy atom. The van der Waals surface area contributed by atoms with Crippen LogP contribution in [0.25, 0.3) is 0 Å². The first-order valence-corrected chi connectivity index (χ1v) is 4.80. The van der Waals surface area contributed by atoms with Crippen molar-refractivity contribution in [3.8, 4) is 6.07 Å². The second-order valence-electron chi connectivity index (χ2n) is 3.50. The van der Waals surface area contributed by atoms with Gasteiger partial charge in [0.2, 0.25) is 5.91 Å². The lowest BCUT2D eigenvalue weighted by Gasteiger charge is -2.17. The van der Waals surface area contributed by atoms with Crippen LogP contribution in [0.5, 0.6) is 0 Å². The monoisotopic (exact) mass is 238 g/mol. The predicted octanol–water partition coefficient (Wildman–Crippen LogP) is -0.0329. The van der Waals surface area contributed by atoms with Crippen LogP contribution in [0.15, 0.2) is 18.2 Å². The summed E-state index contributed by atoms with van der Waals surface area (Å²) in [4.78, 5) is 10.6. The van der Waals surface area contributed by atoms with Crippen molar-refractivity contribution < 1.29 is 19.4 Å². The highest BCUT2D eigenvalue weighted by Crippen LogP contribution is 2.24. The molecule has 0 saturated carbocycles. The summed E-state index contributed by atoms with van der Waals surface area (Å²) in [6, 6.07) is 5.25. The van der Waals surface area contributed by atoms with Gasteiger partial charge in [-0.25, -0.2) is 4.39 Å². The summed E-state index contributed by atoms with van der Waals surface area (Å²) in [5.41, 5.74) is 4.43. The fourth-order valence-electron chi connectivity index (χ4n) is 1.43. The van der Waals surface area contributed by atoms with Crippen molar-refractivity contribution in [3.05, 3.63) is 35.1 Å². The Labute approximate surface area is 96.9 Å². The summed E-state index contributed by atoms with van der Waals surface area (Å²) in [5.74, 6) is -1.60. The molecule has 1 aromatic rings. The van der Waals surface area contributed by atoms with Gasteiger partial charge in [-0.1, -0.05) is 12.1 Å². The minimum Gasteiger partial charge on any atom is -0.390 e. The molecule has 0 radical (unpaired) electrons. The lowest BCUT2D eigenvalue weighted by molar-refractivity contribution is -0.121. The van der Waals surface area contributed by atoms with Crippen molar-refractivity contribution in [3.63, 3.8) is 0 Å². The van der Waals surface area contributed by atoms with E-state index in [2.05, 4.69) is 0 Å². The number of hydrogen-bond acceptors (Lipinski definition) is 4. The van der Waals surface area contributed by atoms with Crippen molar-refractivity contribution in [2.24, 2.45) is 5.73 Å². The van der Waals surface area contributed by atoms with Crippen molar-refractivity contribution in [1.29, 1.82) is 5.26 Å². The van der Waals surface area contributed by atoms with Gasteiger partial charge in [-0.05, 0) is 6.07 Å². The fourth-order valence-corrected chi connectivity index (χ4v) is 1.43. The first kappa shape index (κ1) is 13.1. The molecule has 0 heterocycles. The minimum atomic E-state index is -1.53. The maximum atomic E-state index is 13.2. The molecule has 1 rings (SSSR count). The molecule has 4 N–H and O–H groups in total. The number of benzene rings is 1. The highest BCUT2D eigenvalue weighted by Gasteiger charge is 2.24. The molecule has 1 aromatic carbocycles. The van der Waals surface area contributed by atoms with E-state index in [1.54, 1.807) is 6.07 Å². The van der Waals surface area contributed by atoms with Crippen LogP contribution in [0.3, 0.4) is 0 Å². The molecule has 0 bridgehead atoms. The molecule has 0 aliphatic heterocycles. The highest BCUT2D eigenvalue weighted by atomic mass is 19.1. The Balaban J connectivity index is 3.04. The second-order valence-corrected chi connectivity index (χ2v) is 3.50. The number of primary amides is 1. The molecule has 90 valence electrons. The Hall–Kier alpha value is -1.97. The van der Waals surface area contributed by atoms with Gasteiger partial charge in [0.1, 0.15) is 18.0 Å². The zero-order chi connectivity index (χ0) is 13.0. The lowest BCUT2D eigenvalue weighted by atomic mass is 9.97. The first-order valence-electron chi connectivity index (χ1n) is 4.80. The smallest absolute Gasteiger partial charge is 0.220 e. The van der Waals surface area contributed by atoms with Crippen molar-refractivity contribution in [1.82, 2.24) is 0 Å². The summed E-state index contributed by atoms with van der Waals surface area (Å²) >= 11 is 0. The number of nitrogens with two attached hydrogens (primary N) is 1. The van der Waals surface area contributed by atoms with Crippen LogP contribution in [-0.4, -0.2) is 22.2 Å². The Bertz CT molecular complexity index is 470. The van der Waals surface area contributed by atoms with Gasteiger partial charge >= 0.3 is 0 Å².